The van der Waals surface area contributed by atoms with Crippen LogP contribution in [0.5, 0.6) is 5.75 Å². The van der Waals surface area contributed by atoms with Gasteiger partial charge in [0.1, 0.15) is 11.5 Å². The van der Waals surface area contributed by atoms with Crippen LogP contribution in [-0.2, 0) is 14.3 Å². The van der Waals surface area contributed by atoms with Gasteiger partial charge >= 0.3 is 0 Å². The molecule has 2 aliphatic heterocycles. The molecule has 186 valence electrons. The molecule has 1 atom stereocenters. The van der Waals surface area contributed by atoms with Gasteiger partial charge in [-0.2, -0.15) is 0 Å². The molecule has 1 amide bonds. The Kier molecular flexibility index (Phi) is 8.55. The van der Waals surface area contributed by atoms with E-state index in [1.54, 1.807) is 23.1 Å². The Morgan fingerprint density at radius 3 is 2.54 bits per heavy atom. The van der Waals surface area contributed by atoms with E-state index in [9.17, 15) is 14.7 Å². The molecule has 0 saturated carbocycles. The summed E-state index contributed by atoms with van der Waals surface area (Å²) in [6, 6.07) is 15.9. The smallest absolute Gasteiger partial charge is 0.295 e. The first kappa shape index (κ1) is 24.9. The maximum absolute atomic E-state index is 13.2. The van der Waals surface area contributed by atoms with E-state index in [4.69, 9.17) is 9.47 Å². The molecule has 7 nitrogen and oxygen atoms in total. The second-order valence-corrected chi connectivity index (χ2v) is 8.94. The molecule has 0 radical (unpaired) electrons. The van der Waals surface area contributed by atoms with Gasteiger partial charge in [0.15, 0.2) is 0 Å². The van der Waals surface area contributed by atoms with E-state index in [0.717, 1.165) is 57.7 Å². The maximum atomic E-state index is 13.2. The van der Waals surface area contributed by atoms with E-state index in [2.05, 4.69) is 11.8 Å². The molecule has 0 aliphatic carbocycles. The van der Waals surface area contributed by atoms with Gasteiger partial charge in [-0.25, -0.2) is 0 Å². The van der Waals surface area contributed by atoms with Gasteiger partial charge in [-0.05, 0) is 30.5 Å². The zero-order valence-electron chi connectivity index (χ0n) is 20.3. The Labute approximate surface area is 206 Å². The lowest BCUT2D eigenvalue weighted by Gasteiger charge is -2.29. The number of Topliss-reactive ketones (excluding diaryl/α,β-unsaturated/α-hetero) is 1. The minimum atomic E-state index is -0.653. The largest absolute Gasteiger partial charge is 0.507 e. The fourth-order valence-electron chi connectivity index (χ4n) is 4.60. The first-order valence-corrected chi connectivity index (χ1v) is 12.5. The lowest BCUT2D eigenvalue weighted by atomic mass is 9.95. The SMILES string of the molecule is CCCCOc1cccc(/C(O)=C2\C(=O)C(=O)N(CCCN3CCOCC3)C2c2ccccc2)c1. The Morgan fingerprint density at radius 2 is 1.80 bits per heavy atom. The van der Waals surface area contributed by atoms with E-state index in [1.807, 2.05) is 36.4 Å². The van der Waals surface area contributed by atoms with Crippen molar-refractivity contribution >= 4 is 17.4 Å². The number of ketones is 1. The van der Waals surface area contributed by atoms with Crippen molar-refractivity contribution in [2.45, 2.75) is 32.2 Å². The number of rotatable bonds is 10. The van der Waals surface area contributed by atoms with E-state index < -0.39 is 17.7 Å². The summed E-state index contributed by atoms with van der Waals surface area (Å²) >= 11 is 0. The summed E-state index contributed by atoms with van der Waals surface area (Å²) < 4.78 is 11.2. The monoisotopic (exact) mass is 478 g/mol. The lowest BCUT2D eigenvalue weighted by Crippen LogP contribution is -2.38. The van der Waals surface area contributed by atoms with E-state index >= 15 is 0 Å². The lowest BCUT2D eigenvalue weighted by molar-refractivity contribution is -0.140. The number of hydrogen-bond acceptors (Lipinski definition) is 6. The molecule has 2 heterocycles. The summed E-state index contributed by atoms with van der Waals surface area (Å²) in [6.45, 7) is 7.11. The van der Waals surface area contributed by atoms with Crippen LogP contribution in [0, 0.1) is 0 Å². The zero-order valence-corrected chi connectivity index (χ0v) is 20.3. The van der Waals surface area contributed by atoms with Crippen molar-refractivity contribution in [2.75, 3.05) is 46.0 Å². The number of nitrogens with zero attached hydrogens (tertiary/aromatic N) is 2. The molecule has 0 aromatic heterocycles. The van der Waals surface area contributed by atoms with Gasteiger partial charge in [0, 0.05) is 31.7 Å². The van der Waals surface area contributed by atoms with Gasteiger partial charge in [0.25, 0.3) is 11.7 Å². The number of hydrogen-bond donors (Lipinski definition) is 1. The van der Waals surface area contributed by atoms with Crippen molar-refractivity contribution in [2.24, 2.45) is 0 Å². The molecule has 0 bridgehead atoms. The Bertz CT molecular complexity index is 1050. The predicted octanol–water partition coefficient (Wildman–Crippen LogP) is 4.01. The number of aliphatic hydroxyl groups excluding tert-OH is 1. The molecular weight excluding hydrogens is 444 g/mol. The number of unbranched alkanes of at least 4 members (excludes halogenated alkanes) is 1. The molecule has 1 N–H and O–H groups in total. The third kappa shape index (κ3) is 5.92. The molecule has 35 heavy (non-hydrogen) atoms. The van der Waals surface area contributed by atoms with Crippen molar-refractivity contribution in [3.63, 3.8) is 0 Å². The molecule has 2 aromatic carbocycles. The van der Waals surface area contributed by atoms with E-state index in [0.29, 0.717) is 24.5 Å². The highest BCUT2D eigenvalue weighted by Crippen LogP contribution is 2.39. The van der Waals surface area contributed by atoms with Crippen LogP contribution in [0.3, 0.4) is 0 Å². The Hall–Kier alpha value is -3.16. The maximum Gasteiger partial charge on any atom is 0.295 e. The van der Waals surface area contributed by atoms with E-state index in [-0.39, 0.29) is 11.3 Å². The molecule has 2 fully saturated rings. The van der Waals surface area contributed by atoms with Crippen molar-refractivity contribution in [1.29, 1.82) is 0 Å². The second kappa shape index (κ2) is 12.0. The van der Waals surface area contributed by atoms with Crippen LogP contribution < -0.4 is 4.74 Å². The topological polar surface area (TPSA) is 79.3 Å². The average molecular weight is 479 g/mol. The Morgan fingerprint density at radius 1 is 1.03 bits per heavy atom. The second-order valence-electron chi connectivity index (χ2n) is 8.94. The third-order valence-corrected chi connectivity index (χ3v) is 6.51. The highest BCUT2D eigenvalue weighted by atomic mass is 16.5. The summed E-state index contributed by atoms with van der Waals surface area (Å²) in [6.07, 6.45) is 2.68. The number of likely N-dealkylation sites (tertiary alicyclic amines) is 1. The van der Waals surface area contributed by atoms with E-state index in [1.165, 1.54) is 0 Å². The van der Waals surface area contributed by atoms with Gasteiger partial charge < -0.3 is 19.5 Å². The number of morpholine rings is 1. The Balaban J connectivity index is 1.62. The molecule has 7 heteroatoms. The predicted molar refractivity (Wildman–Crippen MR) is 134 cm³/mol. The number of carbonyl (C=O) groups excluding carboxylic acids is 2. The standard InChI is InChI=1S/C28H34N2O5/c1-2-3-17-35-23-12-7-11-22(20-23)26(31)24-25(21-9-5-4-6-10-21)30(28(33)27(24)32)14-8-13-29-15-18-34-19-16-29/h4-7,9-12,20,25,31H,2-3,8,13-19H2,1H3/b26-24+. The highest BCUT2D eigenvalue weighted by Gasteiger charge is 2.45. The number of ether oxygens (including phenoxy) is 2. The van der Waals surface area contributed by atoms with Crippen LogP contribution in [0.1, 0.15) is 43.4 Å². The molecule has 1 unspecified atom stereocenters. The van der Waals surface area contributed by atoms with Crippen LogP contribution >= 0.6 is 0 Å². The normalized spacial score (nSPS) is 20.4. The summed E-state index contributed by atoms with van der Waals surface area (Å²) in [5.41, 5.74) is 1.39. The number of amides is 1. The van der Waals surface area contributed by atoms with Crippen molar-refractivity contribution in [1.82, 2.24) is 9.80 Å². The quantitative estimate of drug-likeness (QED) is 0.241. The fourth-order valence-corrected chi connectivity index (χ4v) is 4.60. The summed E-state index contributed by atoms with van der Waals surface area (Å²) in [5, 5.41) is 11.3. The van der Waals surface area contributed by atoms with Crippen molar-refractivity contribution in [3.8, 4) is 5.75 Å². The zero-order chi connectivity index (χ0) is 24.6. The molecule has 2 saturated heterocycles. The van der Waals surface area contributed by atoms with Crippen LogP contribution in [-0.4, -0.2) is 72.6 Å². The molecule has 2 aliphatic rings. The minimum Gasteiger partial charge on any atom is -0.507 e. The van der Waals surface area contributed by atoms with Crippen LogP contribution in [0.15, 0.2) is 60.2 Å². The first-order valence-electron chi connectivity index (χ1n) is 12.5. The minimum absolute atomic E-state index is 0.123. The van der Waals surface area contributed by atoms with Crippen LogP contribution in [0.25, 0.3) is 5.76 Å². The summed E-state index contributed by atoms with van der Waals surface area (Å²) in [7, 11) is 0. The number of aliphatic hydroxyl groups is 1. The number of benzene rings is 2. The highest BCUT2D eigenvalue weighted by molar-refractivity contribution is 6.46. The molecule has 4 rings (SSSR count). The van der Waals surface area contributed by atoms with Gasteiger partial charge in [-0.1, -0.05) is 55.8 Å². The molecular formula is C28H34N2O5. The first-order chi connectivity index (χ1) is 17.1. The fraction of sp³-hybridized carbons (Fsp3) is 0.429. The van der Waals surface area contributed by atoms with Crippen LogP contribution in [0.2, 0.25) is 0 Å². The van der Waals surface area contributed by atoms with Crippen LogP contribution in [0.4, 0.5) is 0 Å². The van der Waals surface area contributed by atoms with Gasteiger partial charge in [0.2, 0.25) is 0 Å². The van der Waals surface area contributed by atoms with Gasteiger partial charge in [-0.3, -0.25) is 14.5 Å². The average Bonchev–Trinajstić information content (AvgIpc) is 3.15. The third-order valence-electron chi connectivity index (χ3n) is 6.51. The van der Waals surface area contributed by atoms with Gasteiger partial charge in [-0.15, -0.1) is 0 Å². The molecule has 2 aromatic rings. The number of carbonyl (C=O) groups is 2. The summed E-state index contributed by atoms with van der Waals surface area (Å²) in [5.74, 6) is -0.773. The molecule has 0 spiro atoms. The summed E-state index contributed by atoms with van der Waals surface area (Å²) in [4.78, 5) is 30.2. The van der Waals surface area contributed by atoms with Crippen molar-refractivity contribution < 1.29 is 24.2 Å². The van der Waals surface area contributed by atoms with Gasteiger partial charge in [0.05, 0.1) is 31.4 Å². The van der Waals surface area contributed by atoms with Crippen molar-refractivity contribution in [3.05, 3.63) is 71.3 Å².